The molecule has 4 heteroatoms. The minimum Gasteiger partial charge on any atom is -0.508 e. The average molecular weight is 352 g/mol. The first kappa shape index (κ1) is 17.5. The van der Waals surface area contributed by atoms with Gasteiger partial charge in [0.05, 0.1) is 12.3 Å². The third-order valence-electron chi connectivity index (χ3n) is 4.12. The molecule has 2 atom stereocenters. The van der Waals surface area contributed by atoms with E-state index in [1.54, 1.807) is 12.1 Å². The summed E-state index contributed by atoms with van der Waals surface area (Å²) in [6, 6.07) is 25.8. The minimum atomic E-state index is -3.31. The van der Waals surface area contributed by atoms with Crippen LogP contribution in [0.25, 0.3) is 0 Å². The summed E-state index contributed by atoms with van der Waals surface area (Å²) in [6.45, 7) is 2.16. The fourth-order valence-electron chi connectivity index (χ4n) is 3.04. The number of aromatic hydroxyl groups is 1. The SMILES string of the molecule is CCOP(=O)(c1ccccc1)[C@@H](c1ccccc1)c1ccccc1O. The summed E-state index contributed by atoms with van der Waals surface area (Å²) < 4.78 is 20.0. The van der Waals surface area contributed by atoms with Crippen molar-refractivity contribution in [2.24, 2.45) is 0 Å². The smallest absolute Gasteiger partial charge is 0.243 e. The fourth-order valence-corrected chi connectivity index (χ4v) is 5.76. The highest BCUT2D eigenvalue weighted by Gasteiger charge is 2.39. The highest BCUT2D eigenvalue weighted by Crippen LogP contribution is 2.62. The van der Waals surface area contributed by atoms with Crippen molar-refractivity contribution in [2.75, 3.05) is 6.61 Å². The lowest BCUT2D eigenvalue weighted by Crippen LogP contribution is -2.15. The molecule has 25 heavy (non-hydrogen) atoms. The molecular weight excluding hydrogens is 331 g/mol. The van der Waals surface area contributed by atoms with E-state index in [0.717, 1.165) is 5.56 Å². The normalized spacial score (nSPS) is 14.6. The van der Waals surface area contributed by atoms with Gasteiger partial charge in [0.1, 0.15) is 5.75 Å². The van der Waals surface area contributed by atoms with E-state index < -0.39 is 13.0 Å². The standard InChI is InChI=1S/C21H21O3P/c1-2-24-25(23,18-13-7-4-8-14-18)21(17-11-5-3-6-12-17)19-15-9-10-16-20(19)22/h3-16,21-22H,2H2,1H3/t21-,25?/m0/s1. The van der Waals surface area contributed by atoms with Crippen molar-refractivity contribution >= 4 is 12.7 Å². The predicted molar refractivity (Wildman–Crippen MR) is 102 cm³/mol. The summed E-state index contributed by atoms with van der Waals surface area (Å²) in [5, 5.41) is 11.1. The third kappa shape index (κ3) is 3.53. The molecule has 128 valence electrons. The van der Waals surface area contributed by atoms with Gasteiger partial charge in [-0.25, -0.2) is 0 Å². The van der Waals surface area contributed by atoms with E-state index in [2.05, 4.69) is 0 Å². The molecule has 1 N–H and O–H groups in total. The van der Waals surface area contributed by atoms with Gasteiger partial charge in [-0.1, -0.05) is 66.7 Å². The number of hydrogen-bond donors (Lipinski definition) is 1. The lowest BCUT2D eigenvalue weighted by Gasteiger charge is -2.29. The highest BCUT2D eigenvalue weighted by molar-refractivity contribution is 7.67. The molecule has 0 fully saturated rings. The van der Waals surface area contributed by atoms with Crippen LogP contribution in [0.5, 0.6) is 5.75 Å². The van der Waals surface area contributed by atoms with Crippen LogP contribution in [0, 0.1) is 0 Å². The van der Waals surface area contributed by atoms with Gasteiger partial charge < -0.3 is 9.63 Å². The van der Waals surface area contributed by atoms with Crippen LogP contribution in [0.15, 0.2) is 84.9 Å². The Morgan fingerprint density at radius 3 is 2.04 bits per heavy atom. The van der Waals surface area contributed by atoms with Crippen LogP contribution in [-0.2, 0) is 9.09 Å². The zero-order chi connectivity index (χ0) is 17.7. The van der Waals surface area contributed by atoms with Crippen LogP contribution < -0.4 is 5.30 Å². The van der Waals surface area contributed by atoms with E-state index in [-0.39, 0.29) is 5.75 Å². The Balaban J connectivity index is 2.26. The van der Waals surface area contributed by atoms with E-state index in [0.29, 0.717) is 17.5 Å². The van der Waals surface area contributed by atoms with Crippen molar-refractivity contribution in [1.82, 2.24) is 0 Å². The molecule has 0 aliphatic rings. The average Bonchev–Trinajstić information content (AvgIpc) is 2.65. The zero-order valence-corrected chi connectivity index (χ0v) is 15.0. The first-order valence-electron chi connectivity index (χ1n) is 8.29. The minimum absolute atomic E-state index is 0.118. The molecule has 3 rings (SSSR count). The van der Waals surface area contributed by atoms with Gasteiger partial charge in [-0.2, -0.15) is 0 Å². The molecule has 3 aromatic rings. The first-order valence-corrected chi connectivity index (χ1v) is 9.99. The molecule has 0 spiro atoms. The second-order valence-electron chi connectivity index (χ2n) is 5.72. The molecule has 3 nitrogen and oxygen atoms in total. The zero-order valence-electron chi connectivity index (χ0n) is 14.1. The van der Waals surface area contributed by atoms with Crippen molar-refractivity contribution in [2.45, 2.75) is 12.6 Å². The van der Waals surface area contributed by atoms with Gasteiger partial charge in [0.25, 0.3) is 0 Å². The third-order valence-corrected chi connectivity index (χ3v) is 7.04. The number of phenolic OH excluding ortho intramolecular Hbond substituents is 1. The summed E-state index contributed by atoms with van der Waals surface area (Å²) >= 11 is 0. The molecule has 3 aromatic carbocycles. The number of hydrogen-bond acceptors (Lipinski definition) is 3. The van der Waals surface area contributed by atoms with Gasteiger partial charge >= 0.3 is 0 Å². The number of para-hydroxylation sites is 1. The topological polar surface area (TPSA) is 46.5 Å². The van der Waals surface area contributed by atoms with Crippen LogP contribution in [0.3, 0.4) is 0 Å². The molecule has 0 saturated carbocycles. The van der Waals surface area contributed by atoms with Crippen LogP contribution in [0.1, 0.15) is 23.7 Å². The van der Waals surface area contributed by atoms with E-state index in [4.69, 9.17) is 4.52 Å². The Bertz CT molecular complexity index is 863. The van der Waals surface area contributed by atoms with Gasteiger partial charge in [0.2, 0.25) is 7.37 Å². The summed E-state index contributed by atoms with van der Waals surface area (Å²) in [7, 11) is -3.31. The molecule has 1 unspecified atom stereocenters. The van der Waals surface area contributed by atoms with Gasteiger partial charge in [0.15, 0.2) is 0 Å². The van der Waals surface area contributed by atoms with E-state index in [9.17, 15) is 9.67 Å². The molecule has 0 aliphatic carbocycles. The second kappa shape index (κ2) is 7.69. The van der Waals surface area contributed by atoms with Crippen molar-refractivity contribution in [3.63, 3.8) is 0 Å². The first-order chi connectivity index (χ1) is 12.2. The van der Waals surface area contributed by atoms with Crippen molar-refractivity contribution in [3.05, 3.63) is 96.1 Å². The van der Waals surface area contributed by atoms with Gasteiger partial charge in [-0.05, 0) is 30.7 Å². The van der Waals surface area contributed by atoms with Gasteiger partial charge in [-0.15, -0.1) is 0 Å². The van der Waals surface area contributed by atoms with Crippen LogP contribution in [-0.4, -0.2) is 11.7 Å². The number of rotatable bonds is 6. The van der Waals surface area contributed by atoms with Crippen LogP contribution >= 0.6 is 7.37 Å². The summed E-state index contributed by atoms with van der Waals surface area (Å²) in [5.41, 5.74) is 0.885. The number of benzene rings is 3. The lowest BCUT2D eigenvalue weighted by molar-refractivity contribution is 0.335. The fraction of sp³-hybridized carbons (Fsp3) is 0.143. The molecule has 0 aromatic heterocycles. The van der Waals surface area contributed by atoms with Crippen molar-refractivity contribution in [3.8, 4) is 5.75 Å². The lowest BCUT2D eigenvalue weighted by atomic mass is 10.0. The molecule has 0 aliphatic heterocycles. The maximum atomic E-state index is 14.1. The van der Waals surface area contributed by atoms with Crippen molar-refractivity contribution in [1.29, 1.82) is 0 Å². The van der Waals surface area contributed by atoms with Gasteiger partial charge in [0, 0.05) is 10.9 Å². The Hall–Kier alpha value is -2.35. The van der Waals surface area contributed by atoms with Crippen LogP contribution in [0.2, 0.25) is 0 Å². The van der Waals surface area contributed by atoms with Crippen molar-refractivity contribution < 1.29 is 14.2 Å². The molecular formula is C21H21O3P. The largest absolute Gasteiger partial charge is 0.508 e. The van der Waals surface area contributed by atoms with E-state index >= 15 is 0 Å². The summed E-state index contributed by atoms with van der Waals surface area (Å²) in [6.07, 6.45) is 0. The predicted octanol–water partition coefficient (Wildman–Crippen LogP) is 5.12. The van der Waals surface area contributed by atoms with Gasteiger partial charge in [-0.3, -0.25) is 4.57 Å². The van der Waals surface area contributed by atoms with E-state index in [1.807, 2.05) is 79.7 Å². The maximum absolute atomic E-state index is 14.1. The molecule has 0 saturated heterocycles. The Morgan fingerprint density at radius 1 is 0.880 bits per heavy atom. The Morgan fingerprint density at radius 2 is 1.44 bits per heavy atom. The van der Waals surface area contributed by atoms with E-state index in [1.165, 1.54) is 0 Å². The number of phenols is 1. The Kier molecular flexibility index (Phi) is 5.37. The molecule has 0 amide bonds. The highest BCUT2D eigenvalue weighted by atomic mass is 31.2. The summed E-state index contributed by atoms with van der Waals surface area (Å²) in [4.78, 5) is 0. The Labute approximate surface area is 148 Å². The monoisotopic (exact) mass is 352 g/mol. The molecule has 0 radical (unpaired) electrons. The second-order valence-corrected chi connectivity index (χ2v) is 8.21. The molecule has 0 bridgehead atoms. The maximum Gasteiger partial charge on any atom is 0.243 e. The van der Waals surface area contributed by atoms with Crippen LogP contribution in [0.4, 0.5) is 0 Å². The summed E-state index contributed by atoms with van der Waals surface area (Å²) in [5.74, 6) is 0.118. The molecule has 0 heterocycles. The quantitative estimate of drug-likeness (QED) is 0.626.